The van der Waals surface area contributed by atoms with Crippen LogP contribution in [0.1, 0.15) is 48.5 Å². The van der Waals surface area contributed by atoms with E-state index in [1.165, 1.54) is 6.42 Å². The van der Waals surface area contributed by atoms with Gasteiger partial charge in [0.1, 0.15) is 6.61 Å². The maximum atomic E-state index is 11.8. The van der Waals surface area contributed by atoms with Crippen molar-refractivity contribution in [2.45, 2.75) is 56.9 Å². The number of aliphatic hydroxyl groups excluding tert-OH is 1. The Kier molecular flexibility index (Phi) is 6.54. The molecule has 2 atom stereocenters. The zero-order valence-electron chi connectivity index (χ0n) is 15.5. The zero-order valence-corrected chi connectivity index (χ0v) is 16.4. The van der Waals surface area contributed by atoms with Gasteiger partial charge in [-0.15, -0.1) is 12.4 Å². The van der Waals surface area contributed by atoms with E-state index in [-0.39, 0.29) is 41.4 Å². The summed E-state index contributed by atoms with van der Waals surface area (Å²) in [4.78, 5) is 11.4. The Balaban J connectivity index is 0.00000225. The van der Waals surface area contributed by atoms with Gasteiger partial charge < -0.3 is 15.2 Å². The van der Waals surface area contributed by atoms with Crippen LogP contribution in [0.25, 0.3) is 0 Å². The van der Waals surface area contributed by atoms with Crippen molar-refractivity contribution in [1.29, 1.82) is 0 Å². The van der Waals surface area contributed by atoms with E-state index in [4.69, 9.17) is 4.74 Å². The van der Waals surface area contributed by atoms with Crippen molar-refractivity contribution in [3.05, 3.63) is 69.3 Å². The highest BCUT2D eigenvalue weighted by Gasteiger charge is 2.36. The first-order valence-corrected chi connectivity index (χ1v) is 9.54. The summed E-state index contributed by atoms with van der Waals surface area (Å²) in [5.41, 5.74) is 2.19. The number of halogens is 1. The standard InChI is InChI=1S/C21H24N2O4.ClH/c24-21-17-10-12-19(27-13-14-5-2-1-3-6-14)20(23(25)26)16(17)9-11-18(21)22-15-7-4-8-15;/h1-3,5-6,10,12,15,18,21-22,24H,4,7-9,11,13H2;1H/t18-,21-;/m1./s1. The van der Waals surface area contributed by atoms with E-state index in [0.717, 1.165) is 18.4 Å². The topological polar surface area (TPSA) is 84.6 Å². The molecule has 150 valence electrons. The molecule has 6 nitrogen and oxygen atoms in total. The molecule has 0 radical (unpaired) electrons. The third-order valence-corrected chi connectivity index (χ3v) is 5.66. The van der Waals surface area contributed by atoms with Gasteiger partial charge in [-0.2, -0.15) is 0 Å². The average Bonchev–Trinajstić information content (AvgIpc) is 2.64. The Hall–Kier alpha value is -2.15. The maximum absolute atomic E-state index is 11.8. The van der Waals surface area contributed by atoms with Gasteiger partial charge in [-0.3, -0.25) is 10.1 Å². The van der Waals surface area contributed by atoms with Crippen molar-refractivity contribution < 1.29 is 14.8 Å². The minimum absolute atomic E-state index is 0. The van der Waals surface area contributed by atoms with E-state index >= 15 is 0 Å². The minimum atomic E-state index is -0.726. The van der Waals surface area contributed by atoms with Crippen LogP contribution in [-0.2, 0) is 13.0 Å². The number of nitro benzene ring substituents is 1. The quantitative estimate of drug-likeness (QED) is 0.559. The highest BCUT2D eigenvalue weighted by molar-refractivity contribution is 5.85. The molecule has 0 saturated heterocycles. The molecule has 0 heterocycles. The Morgan fingerprint density at radius 1 is 1.14 bits per heavy atom. The zero-order chi connectivity index (χ0) is 18.8. The van der Waals surface area contributed by atoms with E-state index in [0.29, 0.717) is 30.0 Å². The highest BCUT2D eigenvalue weighted by Crippen LogP contribution is 2.41. The van der Waals surface area contributed by atoms with Gasteiger partial charge in [0.15, 0.2) is 5.75 Å². The smallest absolute Gasteiger partial charge is 0.314 e. The number of nitrogens with one attached hydrogen (secondary N) is 1. The van der Waals surface area contributed by atoms with Crippen LogP contribution in [0, 0.1) is 10.1 Å². The molecule has 2 aromatic carbocycles. The lowest BCUT2D eigenvalue weighted by Gasteiger charge is -2.37. The third kappa shape index (κ3) is 4.14. The van der Waals surface area contributed by atoms with Crippen LogP contribution < -0.4 is 10.1 Å². The van der Waals surface area contributed by atoms with Gasteiger partial charge in [-0.1, -0.05) is 42.8 Å². The van der Waals surface area contributed by atoms with Crippen LogP contribution in [0.2, 0.25) is 0 Å². The van der Waals surface area contributed by atoms with Gasteiger partial charge in [0.2, 0.25) is 0 Å². The average molecular weight is 405 g/mol. The lowest BCUT2D eigenvalue weighted by Crippen LogP contribution is -2.47. The summed E-state index contributed by atoms with van der Waals surface area (Å²) in [6.45, 7) is 0.273. The number of benzene rings is 2. The number of hydrogen-bond acceptors (Lipinski definition) is 5. The third-order valence-electron chi connectivity index (χ3n) is 5.66. The first-order valence-electron chi connectivity index (χ1n) is 9.54. The highest BCUT2D eigenvalue weighted by atomic mass is 35.5. The Bertz CT molecular complexity index is 827. The molecule has 4 rings (SSSR count). The molecule has 2 N–H and O–H groups in total. The second-order valence-electron chi connectivity index (χ2n) is 7.40. The Morgan fingerprint density at radius 3 is 2.54 bits per heavy atom. The minimum Gasteiger partial charge on any atom is -0.482 e. The second kappa shape index (κ2) is 8.90. The van der Waals surface area contributed by atoms with Crippen LogP contribution in [0.4, 0.5) is 5.69 Å². The number of hydrogen-bond donors (Lipinski definition) is 2. The maximum Gasteiger partial charge on any atom is 0.314 e. The molecule has 1 saturated carbocycles. The summed E-state index contributed by atoms with van der Waals surface area (Å²) in [7, 11) is 0. The predicted molar refractivity (Wildman–Crippen MR) is 109 cm³/mol. The van der Waals surface area contributed by atoms with Crippen LogP contribution in [0.15, 0.2) is 42.5 Å². The summed E-state index contributed by atoms with van der Waals surface area (Å²) in [5, 5.41) is 26.0. The first kappa shape index (κ1) is 20.6. The van der Waals surface area contributed by atoms with E-state index in [1.807, 2.05) is 30.3 Å². The lowest BCUT2D eigenvalue weighted by molar-refractivity contribution is -0.386. The van der Waals surface area contributed by atoms with Crippen molar-refractivity contribution in [2.75, 3.05) is 0 Å². The van der Waals surface area contributed by atoms with Gasteiger partial charge in [0.05, 0.1) is 11.0 Å². The Morgan fingerprint density at radius 2 is 1.89 bits per heavy atom. The van der Waals surface area contributed by atoms with Gasteiger partial charge in [0.25, 0.3) is 0 Å². The second-order valence-corrected chi connectivity index (χ2v) is 7.40. The number of nitrogens with zero attached hydrogens (tertiary/aromatic N) is 1. The molecule has 0 unspecified atom stereocenters. The van der Waals surface area contributed by atoms with Crippen molar-refractivity contribution in [3.8, 4) is 5.75 Å². The summed E-state index contributed by atoms with van der Waals surface area (Å²) in [5.74, 6) is 0.264. The molecule has 2 aromatic rings. The van der Waals surface area contributed by atoms with Gasteiger partial charge in [-0.25, -0.2) is 0 Å². The Labute approximate surface area is 170 Å². The number of nitro groups is 1. The van der Waals surface area contributed by atoms with E-state index in [2.05, 4.69) is 5.32 Å². The molecule has 0 aromatic heterocycles. The predicted octanol–water partition coefficient (Wildman–Crippen LogP) is 4.09. The summed E-state index contributed by atoms with van der Waals surface area (Å²) < 4.78 is 5.76. The molecule has 0 bridgehead atoms. The molecule has 0 aliphatic heterocycles. The summed E-state index contributed by atoms with van der Waals surface area (Å²) in [6, 6.07) is 13.4. The largest absolute Gasteiger partial charge is 0.482 e. The molecule has 2 aliphatic carbocycles. The first-order chi connectivity index (χ1) is 13.1. The normalized spacial score (nSPS) is 21.2. The van der Waals surface area contributed by atoms with Crippen molar-refractivity contribution >= 4 is 18.1 Å². The van der Waals surface area contributed by atoms with Gasteiger partial charge >= 0.3 is 5.69 Å². The molecule has 0 amide bonds. The van der Waals surface area contributed by atoms with Crippen LogP contribution in [0.5, 0.6) is 5.75 Å². The fourth-order valence-corrected chi connectivity index (χ4v) is 3.95. The van der Waals surface area contributed by atoms with Crippen molar-refractivity contribution in [3.63, 3.8) is 0 Å². The van der Waals surface area contributed by atoms with Gasteiger partial charge in [-0.05, 0) is 42.9 Å². The number of rotatable bonds is 6. The van der Waals surface area contributed by atoms with E-state index in [9.17, 15) is 15.2 Å². The lowest BCUT2D eigenvalue weighted by atomic mass is 9.83. The molecule has 2 aliphatic rings. The van der Waals surface area contributed by atoms with E-state index < -0.39 is 6.10 Å². The molecule has 1 fully saturated rings. The van der Waals surface area contributed by atoms with Crippen molar-refractivity contribution in [2.24, 2.45) is 0 Å². The molecular weight excluding hydrogens is 380 g/mol. The fraction of sp³-hybridized carbons (Fsp3) is 0.429. The number of fused-ring (bicyclic) bond motifs is 1. The number of aliphatic hydroxyl groups is 1. The van der Waals surface area contributed by atoms with Crippen LogP contribution >= 0.6 is 12.4 Å². The fourth-order valence-electron chi connectivity index (χ4n) is 3.95. The molecule has 7 heteroatoms. The molecule has 28 heavy (non-hydrogen) atoms. The molecular formula is C21H25ClN2O4. The van der Waals surface area contributed by atoms with Crippen LogP contribution in [0.3, 0.4) is 0 Å². The van der Waals surface area contributed by atoms with Crippen LogP contribution in [-0.4, -0.2) is 22.1 Å². The van der Waals surface area contributed by atoms with E-state index in [1.54, 1.807) is 12.1 Å². The summed E-state index contributed by atoms with van der Waals surface area (Å²) >= 11 is 0. The monoisotopic (exact) mass is 404 g/mol. The number of ether oxygens (including phenoxy) is 1. The summed E-state index contributed by atoms with van der Waals surface area (Å²) in [6.07, 6.45) is 4.04. The molecule has 0 spiro atoms. The van der Waals surface area contributed by atoms with Crippen molar-refractivity contribution in [1.82, 2.24) is 5.32 Å². The van der Waals surface area contributed by atoms with Gasteiger partial charge in [0, 0.05) is 17.6 Å². The SMILES string of the molecule is Cl.O=[N+]([O-])c1c(OCc2ccccc2)ccc2c1CC[C@@H](NC1CCC1)[C@@H]2O.